The van der Waals surface area contributed by atoms with Crippen LogP contribution in [0.3, 0.4) is 0 Å². The second kappa shape index (κ2) is 9.11. The van der Waals surface area contributed by atoms with Gasteiger partial charge in [-0.15, -0.1) is 0 Å². The minimum atomic E-state index is -3.24. The Labute approximate surface area is 193 Å². The average Bonchev–Trinajstić information content (AvgIpc) is 2.87. The van der Waals surface area contributed by atoms with E-state index >= 15 is 0 Å². The second-order valence-corrected chi connectivity index (χ2v) is 15.4. The molecule has 154 valence electrons. The summed E-state index contributed by atoms with van der Waals surface area (Å²) >= 11 is 4.38. The van der Waals surface area contributed by atoms with Crippen LogP contribution in [0.25, 0.3) is 0 Å². The molecule has 0 bridgehead atoms. The number of benzene rings is 4. The molecule has 0 radical (unpaired) electrons. The van der Waals surface area contributed by atoms with Gasteiger partial charge in [0.2, 0.25) is 0 Å². The predicted molar refractivity (Wildman–Crippen MR) is 141 cm³/mol. The Hall–Kier alpha value is -2.85. The fourth-order valence-electron chi connectivity index (χ4n) is 3.85. The van der Waals surface area contributed by atoms with Crippen molar-refractivity contribution in [1.29, 1.82) is 0 Å². The first-order valence-electron chi connectivity index (χ1n) is 10.4. The summed E-state index contributed by atoms with van der Waals surface area (Å²) in [5.74, 6) is 0. The quantitative estimate of drug-likeness (QED) is 0.183. The van der Waals surface area contributed by atoms with E-state index in [0.717, 1.165) is 12.2 Å². The molecule has 0 amide bonds. The van der Waals surface area contributed by atoms with Crippen molar-refractivity contribution in [2.45, 2.75) is 6.92 Å². The number of rotatable bonds is 5. The van der Waals surface area contributed by atoms with Gasteiger partial charge in [0, 0.05) is 0 Å². The van der Waals surface area contributed by atoms with Gasteiger partial charge in [-0.1, -0.05) is 0 Å². The van der Waals surface area contributed by atoms with Crippen LogP contribution >= 0.6 is 20.8 Å². The molecule has 0 saturated carbocycles. The maximum absolute atomic E-state index is 4.38. The Morgan fingerprint density at radius 1 is 0.613 bits per heavy atom. The van der Waals surface area contributed by atoms with Gasteiger partial charge in [-0.25, -0.2) is 0 Å². The topological polar surface area (TPSA) is 3.24 Å². The first-order valence-corrected chi connectivity index (χ1v) is 14.7. The van der Waals surface area contributed by atoms with E-state index in [9.17, 15) is 0 Å². The summed E-state index contributed by atoms with van der Waals surface area (Å²) in [6, 6.07) is 45.8. The molecule has 0 aromatic heterocycles. The number of nitrogens with zero attached hydrogens (tertiary/aromatic N) is 1. The van der Waals surface area contributed by atoms with Gasteiger partial charge in [-0.05, 0) is 0 Å². The molecule has 0 unspecified atom stereocenters. The van der Waals surface area contributed by atoms with Gasteiger partial charge >= 0.3 is 194 Å². The Kier molecular flexibility index (Phi) is 6.28. The molecular weight excluding hydrogens is 461 g/mol. The fraction of sp³-hybridized carbons (Fsp3) is 0.0714. The fourth-order valence-corrected chi connectivity index (χ4v) is 10.0. The van der Waals surface area contributed by atoms with Crippen LogP contribution in [0.4, 0.5) is 5.69 Å². The van der Waals surface area contributed by atoms with Crippen LogP contribution in [-0.2, 0) is 0 Å². The maximum atomic E-state index is 4.38. The molecule has 0 spiro atoms. The van der Waals surface area contributed by atoms with Crippen molar-refractivity contribution in [3.63, 3.8) is 0 Å². The van der Waals surface area contributed by atoms with E-state index < -0.39 is 5.31 Å². The van der Waals surface area contributed by atoms with Gasteiger partial charge in [-0.2, -0.15) is 0 Å². The Morgan fingerprint density at radius 2 is 0.968 bits per heavy atom. The van der Waals surface area contributed by atoms with E-state index in [0.29, 0.717) is 0 Å². The first kappa shape index (κ1) is 21.4. The first-order chi connectivity index (χ1) is 15.2. The molecule has 0 fully saturated rings. The summed E-state index contributed by atoms with van der Waals surface area (Å²) in [5, 5.41) is 0.348. The van der Waals surface area contributed by atoms with Crippen LogP contribution < -0.4 is 20.8 Å². The van der Waals surface area contributed by atoms with E-state index in [1.165, 1.54) is 15.9 Å². The van der Waals surface area contributed by atoms with Crippen LogP contribution in [0.1, 0.15) is 6.92 Å². The number of para-hydroxylation sites is 1. The molecule has 0 aliphatic carbocycles. The zero-order valence-electron chi connectivity index (χ0n) is 17.5. The molecule has 4 aromatic carbocycles. The van der Waals surface area contributed by atoms with Crippen LogP contribution in [0.2, 0.25) is 0 Å². The summed E-state index contributed by atoms with van der Waals surface area (Å²) < 4.78 is 0. The molecule has 31 heavy (non-hydrogen) atoms. The molecule has 0 aliphatic heterocycles. The SMILES string of the molecule is CCN(C#CP(Br)(c1ccccc1)(c1ccccc1)c1ccccc1)c1ccccc1. The molecule has 4 rings (SSSR count). The molecular formula is C28H25BrNP. The van der Waals surface area contributed by atoms with Gasteiger partial charge in [-0.3, -0.25) is 0 Å². The molecule has 0 atom stereocenters. The molecule has 0 aliphatic rings. The Balaban J connectivity index is 2.05. The average molecular weight is 486 g/mol. The number of hydrogen-bond acceptors (Lipinski definition) is 1. The number of hydrogen-bond donors (Lipinski definition) is 0. The van der Waals surface area contributed by atoms with Crippen LogP contribution in [0.5, 0.6) is 0 Å². The van der Waals surface area contributed by atoms with Gasteiger partial charge in [0.1, 0.15) is 0 Å². The van der Waals surface area contributed by atoms with E-state index in [1.54, 1.807) is 0 Å². The van der Waals surface area contributed by atoms with E-state index in [4.69, 9.17) is 0 Å². The van der Waals surface area contributed by atoms with Gasteiger partial charge < -0.3 is 0 Å². The molecule has 4 aromatic rings. The van der Waals surface area contributed by atoms with Gasteiger partial charge in [0.25, 0.3) is 0 Å². The van der Waals surface area contributed by atoms with Crippen LogP contribution in [-0.4, -0.2) is 6.54 Å². The van der Waals surface area contributed by atoms with Gasteiger partial charge in [0.15, 0.2) is 0 Å². The monoisotopic (exact) mass is 485 g/mol. The number of halogens is 1. The second-order valence-electron chi connectivity index (χ2n) is 7.32. The third-order valence-corrected chi connectivity index (χ3v) is 14.0. The van der Waals surface area contributed by atoms with E-state index in [1.807, 2.05) is 6.07 Å². The van der Waals surface area contributed by atoms with E-state index in [2.05, 4.69) is 154 Å². The van der Waals surface area contributed by atoms with Crippen molar-refractivity contribution >= 4 is 42.4 Å². The normalized spacial score (nSPS) is 12.1. The molecule has 0 saturated heterocycles. The van der Waals surface area contributed by atoms with Crippen LogP contribution in [0.15, 0.2) is 121 Å². The van der Waals surface area contributed by atoms with Crippen molar-refractivity contribution in [3.8, 4) is 11.7 Å². The van der Waals surface area contributed by atoms with Crippen molar-refractivity contribution < 1.29 is 0 Å². The third-order valence-electron chi connectivity index (χ3n) is 5.50. The van der Waals surface area contributed by atoms with Gasteiger partial charge in [0.05, 0.1) is 0 Å². The Bertz CT molecular complexity index is 1080. The molecule has 3 heteroatoms. The predicted octanol–water partition coefficient (Wildman–Crippen LogP) is 6.27. The summed E-state index contributed by atoms with van der Waals surface area (Å²) in [6.45, 7) is 2.94. The minimum absolute atomic E-state index is 0.800. The molecule has 0 N–H and O–H groups in total. The van der Waals surface area contributed by atoms with Crippen LogP contribution in [0, 0.1) is 11.7 Å². The zero-order chi connectivity index (χ0) is 21.6. The van der Waals surface area contributed by atoms with E-state index in [-0.39, 0.29) is 0 Å². The summed E-state index contributed by atoms with van der Waals surface area (Å²) in [5.41, 5.74) is 4.93. The number of anilines is 1. The third kappa shape index (κ3) is 3.92. The van der Waals surface area contributed by atoms with Crippen molar-refractivity contribution in [1.82, 2.24) is 0 Å². The molecule has 1 nitrogen and oxygen atoms in total. The van der Waals surface area contributed by atoms with Crippen molar-refractivity contribution in [2.75, 3.05) is 11.4 Å². The zero-order valence-corrected chi connectivity index (χ0v) is 20.0. The van der Waals surface area contributed by atoms with Crippen molar-refractivity contribution in [2.24, 2.45) is 0 Å². The summed E-state index contributed by atoms with van der Waals surface area (Å²) in [6.07, 6.45) is 0. The summed E-state index contributed by atoms with van der Waals surface area (Å²) in [4.78, 5) is 2.12. The standard InChI is InChI=1S/C28H25BrNP/c1-2-30(25-15-7-3-8-16-25)23-24-31(29,26-17-9-4-10-18-26,27-19-11-5-12-20-27)28-21-13-6-14-22-28/h3-22H,2H2,1H3. The summed E-state index contributed by atoms with van der Waals surface area (Å²) in [7, 11) is 0. The van der Waals surface area contributed by atoms with Crippen molar-refractivity contribution in [3.05, 3.63) is 121 Å². The Morgan fingerprint density at radius 3 is 1.32 bits per heavy atom. The molecule has 0 heterocycles.